The SMILES string of the molecule is CC1COCCN1CC(=O)Nc1cc2cc(-c3cncs3)ccc2cn1. The van der Waals surface area contributed by atoms with Crippen LogP contribution in [0.4, 0.5) is 5.82 Å². The zero-order chi connectivity index (χ0) is 17.9. The van der Waals surface area contributed by atoms with Crippen LogP contribution in [-0.2, 0) is 9.53 Å². The van der Waals surface area contributed by atoms with E-state index < -0.39 is 0 Å². The lowest BCUT2D eigenvalue weighted by Gasteiger charge is -2.32. The van der Waals surface area contributed by atoms with Crippen LogP contribution in [0, 0.1) is 0 Å². The minimum absolute atomic E-state index is 0.0517. The van der Waals surface area contributed by atoms with Crippen LogP contribution in [0.3, 0.4) is 0 Å². The minimum atomic E-state index is -0.0517. The van der Waals surface area contributed by atoms with Gasteiger partial charge in [-0.3, -0.25) is 14.7 Å². The summed E-state index contributed by atoms with van der Waals surface area (Å²) in [6, 6.07) is 8.37. The highest BCUT2D eigenvalue weighted by Gasteiger charge is 2.21. The number of anilines is 1. The highest BCUT2D eigenvalue weighted by Crippen LogP contribution is 2.27. The van der Waals surface area contributed by atoms with Crippen molar-refractivity contribution in [1.29, 1.82) is 0 Å². The van der Waals surface area contributed by atoms with Gasteiger partial charge in [-0.15, -0.1) is 11.3 Å². The first-order chi connectivity index (χ1) is 12.7. The van der Waals surface area contributed by atoms with E-state index in [1.165, 1.54) is 0 Å². The first kappa shape index (κ1) is 17.1. The molecule has 1 saturated heterocycles. The molecular formula is C19H20N4O2S. The lowest BCUT2D eigenvalue weighted by molar-refractivity contribution is -0.119. The van der Waals surface area contributed by atoms with Crippen molar-refractivity contribution in [1.82, 2.24) is 14.9 Å². The lowest BCUT2D eigenvalue weighted by atomic mass is 10.1. The van der Waals surface area contributed by atoms with Gasteiger partial charge in [0.05, 0.1) is 30.1 Å². The van der Waals surface area contributed by atoms with Gasteiger partial charge in [-0.1, -0.05) is 12.1 Å². The average molecular weight is 368 g/mol. The number of rotatable bonds is 4. The molecule has 3 heterocycles. The van der Waals surface area contributed by atoms with Crippen LogP contribution in [0.15, 0.2) is 42.2 Å². The summed E-state index contributed by atoms with van der Waals surface area (Å²) in [7, 11) is 0. The number of hydrogen-bond acceptors (Lipinski definition) is 6. The van der Waals surface area contributed by atoms with Crippen molar-refractivity contribution in [3.8, 4) is 10.4 Å². The molecule has 1 unspecified atom stereocenters. The number of thiazole rings is 1. The van der Waals surface area contributed by atoms with Crippen LogP contribution in [0.2, 0.25) is 0 Å². The van der Waals surface area contributed by atoms with E-state index in [4.69, 9.17) is 4.74 Å². The molecular weight excluding hydrogens is 348 g/mol. The van der Waals surface area contributed by atoms with Gasteiger partial charge in [-0.05, 0) is 30.0 Å². The Morgan fingerprint density at radius 2 is 2.27 bits per heavy atom. The Balaban J connectivity index is 1.50. The number of benzene rings is 1. The zero-order valence-electron chi connectivity index (χ0n) is 14.5. The summed E-state index contributed by atoms with van der Waals surface area (Å²) in [5, 5.41) is 5.00. The van der Waals surface area contributed by atoms with Gasteiger partial charge in [-0.25, -0.2) is 4.98 Å². The molecule has 1 N–H and O–H groups in total. The molecule has 1 atom stereocenters. The fourth-order valence-electron chi connectivity index (χ4n) is 3.08. The van der Waals surface area contributed by atoms with Crippen LogP contribution in [0.1, 0.15) is 6.92 Å². The van der Waals surface area contributed by atoms with Crippen molar-refractivity contribution in [2.24, 2.45) is 0 Å². The van der Waals surface area contributed by atoms with Gasteiger partial charge >= 0.3 is 0 Å². The average Bonchev–Trinajstić information content (AvgIpc) is 3.18. The minimum Gasteiger partial charge on any atom is -0.379 e. The third kappa shape index (κ3) is 3.75. The van der Waals surface area contributed by atoms with Crippen molar-refractivity contribution < 1.29 is 9.53 Å². The first-order valence-corrected chi connectivity index (χ1v) is 9.47. The molecule has 0 bridgehead atoms. The highest BCUT2D eigenvalue weighted by atomic mass is 32.1. The number of hydrogen-bond donors (Lipinski definition) is 1. The number of ether oxygens (including phenoxy) is 1. The summed E-state index contributed by atoms with van der Waals surface area (Å²) in [6.45, 7) is 4.54. The molecule has 1 aromatic carbocycles. The van der Waals surface area contributed by atoms with Crippen molar-refractivity contribution in [3.63, 3.8) is 0 Å². The summed E-state index contributed by atoms with van der Waals surface area (Å²) < 4.78 is 5.41. The molecule has 1 amide bonds. The van der Waals surface area contributed by atoms with Gasteiger partial charge in [-0.2, -0.15) is 0 Å². The molecule has 0 spiro atoms. The molecule has 3 aromatic rings. The Morgan fingerprint density at radius 3 is 3.08 bits per heavy atom. The Hall–Kier alpha value is -2.35. The number of pyridine rings is 1. The van der Waals surface area contributed by atoms with Crippen LogP contribution in [0.5, 0.6) is 0 Å². The van der Waals surface area contributed by atoms with Gasteiger partial charge in [0, 0.05) is 30.4 Å². The van der Waals surface area contributed by atoms with Gasteiger partial charge in [0.15, 0.2) is 0 Å². The quantitative estimate of drug-likeness (QED) is 0.767. The maximum absolute atomic E-state index is 12.4. The monoisotopic (exact) mass is 368 g/mol. The Bertz CT molecular complexity index is 913. The molecule has 6 nitrogen and oxygen atoms in total. The van der Waals surface area contributed by atoms with E-state index >= 15 is 0 Å². The molecule has 0 radical (unpaired) electrons. The van der Waals surface area contributed by atoms with E-state index in [1.54, 1.807) is 17.5 Å². The Labute approximate surface area is 155 Å². The molecule has 7 heteroatoms. The third-order valence-corrected chi connectivity index (χ3v) is 5.38. The van der Waals surface area contributed by atoms with Crippen LogP contribution >= 0.6 is 11.3 Å². The first-order valence-electron chi connectivity index (χ1n) is 8.59. The molecule has 0 aliphatic carbocycles. The van der Waals surface area contributed by atoms with Gasteiger partial charge in [0.25, 0.3) is 0 Å². The summed E-state index contributed by atoms with van der Waals surface area (Å²) in [5.74, 6) is 0.522. The summed E-state index contributed by atoms with van der Waals surface area (Å²) in [5.41, 5.74) is 2.94. The van der Waals surface area contributed by atoms with E-state index in [0.717, 1.165) is 27.8 Å². The standard InChI is InChI=1S/C19H20N4O2S/c1-13-11-25-5-4-23(13)10-19(24)22-18-7-16-6-14(17-9-20-12-26-17)2-3-15(16)8-21-18/h2-3,6-9,12-13H,4-5,10-11H2,1H3,(H,21,22,24). The van der Waals surface area contributed by atoms with E-state index in [9.17, 15) is 4.79 Å². The smallest absolute Gasteiger partial charge is 0.239 e. The predicted molar refractivity (Wildman–Crippen MR) is 103 cm³/mol. The zero-order valence-corrected chi connectivity index (χ0v) is 15.3. The second-order valence-corrected chi connectivity index (χ2v) is 7.33. The largest absolute Gasteiger partial charge is 0.379 e. The van der Waals surface area contributed by atoms with Gasteiger partial charge in [0.2, 0.25) is 5.91 Å². The second-order valence-electron chi connectivity index (χ2n) is 6.44. The molecule has 1 aliphatic heterocycles. The number of amides is 1. The number of nitrogens with one attached hydrogen (secondary N) is 1. The normalized spacial score (nSPS) is 18.1. The molecule has 2 aromatic heterocycles. The maximum Gasteiger partial charge on any atom is 0.239 e. The van der Waals surface area contributed by atoms with E-state index in [0.29, 0.717) is 25.6 Å². The Kier molecular flexibility index (Phi) is 4.92. The molecule has 1 fully saturated rings. The summed E-state index contributed by atoms with van der Waals surface area (Å²) in [6.07, 6.45) is 3.65. The number of carbonyl (C=O) groups excluding carboxylic acids is 1. The lowest BCUT2D eigenvalue weighted by Crippen LogP contribution is -2.47. The van der Waals surface area contributed by atoms with Crippen LogP contribution < -0.4 is 5.32 Å². The van der Waals surface area contributed by atoms with Crippen LogP contribution in [0.25, 0.3) is 21.2 Å². The van der Waals surface area contributed by atoms with Crippen LogP contribution in [-0.4, -0.2) is 53.1 Å². The van der Waals surface area contributed by atoms with Crippen molar-refractivity contribution >= 4 is 33.8 Å². The molecule has 26 heavy (non-hydrogen) atoms. The Morgan fingerprint density at radius 1 is 1.35 bits per heavy atom. The van der Waals surface area contributed by atoms with Crippen molar-refractivity contribution in [2.45, 2.75) is 13.0 Å². The molecule has 1 aliphatic rings. The number of morpholine rings is 1. The molecule has 4 rings (SSSR count). The highest BCUT2D eigenvalue weighted by molar-refractivity contribution is 7.13. The second kappa shape index (κ2) is 7.49. The molecule has 134 valence electrons. The number of nitrogens with zero attached hydrogens (tertiary/aromatic N) is 3. The molecule has 0 saturated carbocycles. The topological polar surface area (TPSA) is 67.3 Å². The van der Waals surface area contributed by atoms with Crippen molar-refractivity contribution in [2.75, 3.05) is 31.6 Å². The fourth-order valence-corrected chi connectivity index (χ4v) is 3.70. The van der Waals surface area contributed by atoms with Crippen molar-refractivity contribution in [3.05, 3.63) is 42.2 Å². The number of aromatic nitrogens is 2. The predicted octanol–water partition coefficient (Wildman–Crippen LogP) is 3.02. The number of fused-ring (bicyclic) bond motifs is 1. The van der Waals surface area contributed by atoms with Gasteiger partial charge in [0.1, 0.15) is 5.82 Å². The van der Waals surface area contributed by atoms with E-state index in [2.05, 4.69) is 39.2 Å². The summed E-state index contributed by atoms with van der Waals surface area (Å²) in [4.78, 5) is 24.1. The maximum atomic E-state index is 12.4. The van der Waals surface area contributed by atoms with E-state index in [1.807, 2.05) is 23.8 Å². The fraction of sp³-hybridized carbons (Fsp3) is 0.316. The van der Waals surface area contributed by atoms with Gasteiger partial charge < -0.3 is 10.1 Å². The summed E-state index contributed by atoms with van der Waals surface area (Å²) >= 11 is 1.61. The number of carbonyl (C=O) groups is 1. The third-order valence-electron chi connectivity index (χ3n) is 4.56. The van der Waals surface area contributed by atoms with E-state index in [-0.39, 0.29) is 11.9 Å².